The minimum absolute atomic E-state index is 0.336. The van der Waals surface area contributed by atoms with Crippen molar-refractivity contribution in [2.75, 3.05) is 6.61 Å². The molecule has 0 spiro atoms. The van der Waals surface area contributed by atoms with Gasteiger partial charge in [0, 0.05) is 6.42 Å². The second kappa shape index (κ2) is 19.4. The molecule has 4 nitrogen and oxygen atoms in total. The summed E-state index contributed by atoms with van der Waals surface area (Å²) in [5, 5.41) is 8.77. The van der Waals surface area contributed by atoms with Gasteiger partial charge in [-0.05, 0) is 6.42 Å². The fraction of sp³-hybridized carbons (Fsp3) is 0.905. The van der Waals surface area contributed by atoms with Crippen LogP contribution >= 0.6 is 0 Å². The largest absolute Gasteiger partial charge is 0.452 e. The smallest absolute Gasteiger partial charge is 0.306 e. The van der Waals surface area contributed by atoms with Crippen molar-refractivity contribution in [3.8, 4) is 0 Å². The molecule has 4 heteroatoms. The number of rotatable bonds is 19. The monoisotopic (exact) mass is 356 g/mol. The summed E-state index contributed by atoms with van der Waals surface area (Å²) in [5.74, 6) is -0.388. The summed E-state index contributed by atoms with van der Waals surface area (Å²) in [7, 11) is 0. The number of carbonyl (C=O) groups is 2. The van der Waals surface area contributed by atoms with Gasteiger partial charge in [-0.3, -0.25) is 9.59 Å². The Kier molecular flexibility index (Phi) is 18.7. The quantitative estimate of drug-likeness (QED) is 0.192. The lowest BCUT2D eigenvalue weighted by Crippen LogP contribution is -2.23. The number of ether oxygens (including phenoxy) is 1. The van der Waals surface area contributed by atoms with Crippen LogP contribution in [0.5, 0.6) is 0 Å². The third kappa shape index (κ3) is 17.7. The molecule has 1 N–H and O–H groups in total. The lowest BCUT2D eigenvalue weighted by Gasteiger charge is -2.08. The van der Waals surface area contributed by atoms with E-state index in [0.717, 1.165) is 19.3 Å². The highest BCUT2D eigenvalue weighted by Crippen LogP contribution is 2.13. The first-order valence-electron chi connectivity index (χ1n) is 10.5. The number of unbranched alkanes of at least 4 members (excludes halogenated alkanes) is 14. The first-order chi connectivity index (χ1) is 12.2. The number of aldehydes is 1. The van der Waals surface area contributed by atoms with Crippen LogP contribution in [0.15, 0.2) is 0 Å². The van der Waals surface area contributed by atoms with Gasteiger partial charge in [-0.15, -0.1) is 0 Å². The Balaban J connectivity index is 3.18. The first-order valence-corrected chi connectivity index (χ1v) is 10.5. The van der Waals surface area contributed by atoms with Crippen LogP contribution in [-0.2, 0) is 14.3 Å². The first kappa shape index (κ1) is 24.1. The van der Waals surface area contributed by atoms with Crippen molar-refractivity contribution in [3.63, 3.8) is 0 Å². The number of aliphatic hydroxyl groups excluding tert-OH is 1. The molecule has 0 aliphatic rings. The van der Waals surface area contributed by atoms with E-state index in [1.807, 2.05) is 0 Å². The maximum Gasteiger partial charge on any atom is 0.306 e. The molecular weight excluding hydrogens is 316 g/mol. The lowest BCUT2D eigenvalue weighted by atomic mass is 10.0. The van der Waals surface area contributed by atoms with Gasteiger partial charge in [0.25, 0.3) is 0 Å². The van der Waals surface area contributed by atoms with Crippen LogP contribution < -0.4 is 0 Å². The summed E-state index contributed by atoms with van der Waals surface area (Å²) in [4.78, 5) is 21.9. The lowest BCUT2D eigenvalue weighted by molar-refractivity contribution is -0.153. The Morgan fingerprint density at radius 3 is 1.56 bits per heavy atom. The molecule has 25 heavy (non-hydrogen) atoms. The Bertz CT molecular complexity index is 304. The fourth-order valence-electron chi connectivity index (χ4n) is 2.98. The van der Waals surface area contributed by atoms with E-state index >= 15 is 0 Å². The number of hydrogen-bond donors (Lipinski definition) is 1. The number of esters is 1. The van der Waals surface area contributed by atoms with Crippen LogP contribution in [0, 0.1) is 0 Å². The van der Waals surface area contributed by atoms with Crippen molar-refractivity contribution < 1.29 is 19.4 Å². The van der Waals surface area contributed by atoms with Crippen molar-refractivity contribution in [1.29, 1.82) is 0 Å². The minimum Gasteiger partial charge on any atom is -0.452 e. The van der Waals surface area contributed by atoms with Gasteiger partial charge in [0.1, 0.15) is 0 Å². The molecule has 0 aromatic carbocycles. The van der Waals surface area contributed by atoms with E-state index < -0.39 is 12.7 Å². The molecule has 148 valence electrons. The van der Waals surface area contributed by atoms with E-state index in [2.05, 4.69) is 6.92 Å². The second-order valence-corrected chi connectivity index (χ2v) is 7.05. The van der Waals surface area contributed by atoms with Crippen LogP contribution in [-0.4, -0.2) is 30.1 Å². The summed E-state index contributed by atoms with van der Waals surface area (Å²) in [6.07, 6.45) is 19.1. The molecule has 1 atom stereocenters. The van der Waals surface area contributed by atoms with E-state index in [4.69, 9.17) is 9.84 Å². The zero-order valence-corrected chi connectivity index (χ0v) is 16.3. The summed E-state index contributed by atoms with van der Waals surface area (Å²) < 4.78 is 4.81. The Morgan fingerprint density at radius 2 is 1.20 bits per heavy atom. The van der Waals surface area contributed by atoms with Gasteiger partial charge in [0.05, 0.1) is 6.61 Å². The van der Waals surface area contributed by atoms with Gasteiger partial charge in [0.2, 0.25) is 0 Å². The average Bonchev–Trinajstić information content (AvgIpc) is 2.62. The van der Waals surface area contributed by atoms with Crippen molar-refractivity contribution in [2.24, 2.45) is 0 Å². The van der Waals surface area contributed by atoms with Crippen molar-refractivity contribution in [3.05, 3.63) is 0 Å². The van der Waals surface area contributed by atoms with E-state index in [9.17, 15) is 9.59 Å². The zero-order chi connectivity index (χ0) is 18.6. The predicted molar refractivity (Wildman–Crippen MR) is 103 cm³/mol. The molecule has 0 aromatic rings. The summed E-state index contributed by atoms with van der Waals surface area (Å²) in [5.41, 5.74) is 0. The van der Waals surface area contributed by atoms with Crippen molar-refractivity contribution >= 4 is 12.3 Å². The Labute approximate surface area is 154 Å². The molecule has 0 aromatic heterocycles. The summed E-state index contributed by atoms with van der Waals surface area (Å²) in [6, 6.07) is 0. The van der Waals surface area contributed by atoms with E-state index in [0.29, 0.717) is 12.7 Å². The van der Waals surface area contributed by atoms with Gasteiger partial charge >= 0.3 is 5.97 Å². The summed E-state index contributed by atoms with van der Waals surface area (Å²) >= 11 is 0. The maximum atomic E-state index is 11.4. The predicted octanol–water partition coefficient (Wildman–Crippen LogP) is 5.35. The Morgan fingerprint density at radius 1 is 0.800 bits per heavy atom. The van der Waals surface area contributed by atoms with E-state index in [1.165, 1.54) is 77.0 Å². The standard InChI is InChI=1S/C21H40O4/c1-2-3-4-5-6-7-8-9-10-11-12-13-14-15-16-17-21(24)25-20(18-22)19-23/h18,20,23H,2-17,19H2,1H3. The molecule has 0 bridgehead atoms. The van der Waals surface area contributed by atoms with Crippen LogP contribution in [0.25, 0.3) is 0 Å². The highest BCUT2D eigenvalue weighted by atomic mass is 16.6. The molecule has 0 radical (unpaired) electrons. The second-order valence-electron chi connectivity index (χ2n) is 7.05. The van der Waals surface area contributed by atoms with Crippen LogP contribution in [0.4, 0.5) is 0 Å². The highest BCUT2D eigenvalue weighted by molar-refractivity contribution is 5.72. The molecule has 0 aliphatic heterocycles. The normalized spacial score (nSPS) is 12.1. The SMILES string of the molecule is CCCCCCCCCCCCCCCCCC(=O)OC(C=O)CO. The third-order valence-electron chi connectivity index (χ3n) is 4.60. The Hall–Kier alpha value is -0.900. The van der Waals surface area contributed by atoms with Gasteiger partial charge in [-0.1, -0.05) is 96.8 Å². The molecule has 0 saturated carbocycles. The van der Waals surface area contributed by atoms with Crippen LogP contribution in [0.1, 0.15) is 110 Å². The molecule has 0 heterocycles. The summed E-state index contributed by atoms with van der Waals surface area (Å²) in [6.45, 7) is 1.82. The third-order valence-corrected chi connectivity index (χ3v) is 4.60. The number of aliphatic hydroxyl groups is 1. The number of carbonyl (C=O) groups excluding carboxylic acids is 2. The zero-order valence-electron chi connectivity index (χ0n) is 16.3. The molecule has 0 amide bonds. The van der Waals surface area contributed by atoms with Gasteiger partial charge < -0.3 is 9.84 Å². The topological polar surface area (TPSA) is 63.6 Å². The van der Waals surface area contributed by atoms with Gasteiger partial charge in [-0.25, -0.2) is 0 Å². The molecule has 0 fully saturated rings. The molecular formula is C21H40O4. The van der Waals surface area contributed by atoms with E-state index in [-0.39, 0.29) is 5.97 Å². The highest BCUT2D eigenvalue weighted by Gasteiger charge is 2.11. The average molecular weight is 357 g/mol. The van der Waals surface area contributed by atoms with E-state index in [1.54, 1.807) is 0 Å². The number of hydrogen-bond acceptors (Lipinski definition) is 4. The van der Waals surface area contributed by atoms with Crippen LogP contribution in [0.2, 0.25) is 0 Å². The van der Waals surface area contributed by atoms with Crippen LogP contribution in [0.3, 0.4) is 0 Å². The molecule has 1 unspecified atom stereocenters. The molecule has 0 saturated heterocycles. The maximum absolute atomic E-state index is 11.4. The fourth-order valence-corrected chi connectivity index (χ4v) is 2.98. The molecule has 0 aliphatic carbocycles. The van der Waals surface area contributed by atoms with Crippen molar-refractivity contribution in [1.82, 2.24) is 0 Å². The minimum atomic E-state index is -0.996. The van der Waals surface area contributed by atoms with Gasteiger partial charge in [0.15, 0.2) is 12.4 Å². The molecule has 0 rings (SSSR count). The van der Waals surface area contributed by atoms with Gasteiger partial charge in [-0.2, -0.15) is 0 Å². The van der Waals surface area contributed by atoms with Crippen molar-refractivity contribution in [2.45, 2.75) is 116 Å².